The van der Waals surface area contributed by atoms with E-state index in [0.29, 0.717) is 13.1 Å². The average Bonchev–Trinajstić information content (AvgIpc) is 2.89. The van der Waals surface area contributed by atoms with Crippen LogP contribution in [0.1, 0.15) is 32.8 Å². The number of carbonyl (C=O) groups excluding carboxylic acids is 1. The fourth-order valence-electron chi connectivity index (χ4n) is 2.85. The first kappa shape index (κ1) is 17.2. The zero-order valence-electron chi connectivity index (χ0n) is 13.3. The van der Waals surface area contributed by atoms with Gasteiger partial charge >= 0.3 is 0 Å². The molecule has 1 aromatic carbocycles. The van der Waals surface area contributed by atoms with E-state index >= 15 is 0 Å². The highest BCUT2D eigenvalue weighted by Crippen LogP contribution is 2.28. The van der Waals surface area contributed by atoms with E-state index in [4.69, 9.17) is 9.56 Å². The second-order valence-corrected chi connectivity index (χ2v) is 8.27. The molecule has 0 aliphatic carbocycles. The lowest BCUT2D eigenvalue weighted by Gasteiger charge is -2.29. The number of amides is 1. The summed E-state index contributed by atoms with van der Waals surface area (Å²) in [7, 11) is -3.97. The largest absolute Gasteiger partial charge is 0.448 e. The van der Waals surface area contributed by atoms with Gasteiger partial charge in [-0.3, -0.25) is 4.79 Å². The molecule has 0 saturated carbocycles. The van der Waals surface area contributed by atoms with Crippen molar-refractivity contribution in [2.45, 2.75) is 31.9 Å². The van der Waals surface area contributed by atoms with Gasteiger partial charge in [-0.25, -0.2) is 13.6 Å². The number of aryl methyl sites for hydroxylation is 2. The maximum Gasteiger partial charge on any atom is 0.271 e. The molecule has 2 heterocycles. The predicted octanol–water partition coefficient (Wildman–Crippen LogP) is 2.50. The van der Waals surface area contributed by atoms with Crippen LogP contribution in [0.5, 0.6) is 0 Å². The Hall–Kier alpha value is -1.64. The van der Waals surface area contributed by atoms with Gasteiger partial charge in [0.15, 0.2) is 0 Å². The Morgan fingerprint density at radius 2 is 1.96 bits per heavy atom. The number of sulfonamides is 1. The number of fused-ring (bicyclic) bond motifs is 1. The van der Waals surface area contributed by atoms with Crippen LogP contribution in [0.25, 0.3) is 0 Å². The molecule has 0 fully saturated rings. The smallest absolute Gasteiger partial charge is 0.271 e. The van der Waals surface area contributed by atoms with Crippen LogP contribution in [-0.2, 0) is 23.0 Å². The SMILES string of the molecule is Cc1cc2c(cc1Br)CN(C(=O)c1cc(S(N)(=O)=O)oc1C)CC2. The number of nitrogens with two attached hydrogens (primary N) is 1. The molecular formula is C16H17BrN2O4S. The van der Waals surface area contributed by atoms with E-state index in [0.717, 1.165) is 22.0 Å². The Morgan fingerprint density at radius 3 is 2.58 bits per heavy atom. The molecule has 0 spiro atoms. The molecule has 0 atom stereocenters. The van der Waals surface area contributed by atoms with Crippen molar-refractivity contribution in [2.75, 3.05) is 6.54 Å². The fourth-order valence-corrected chi connectivity index (χ4v) is 3.77. The van der Waals surface area contributed by atoms with E-state index in [9.17, 15) is 13.2 Å². The minimum atomic E-state index is -3.97. The van der Waals surface area contributed by atoms with Crippen molar-refractivity contribution >= 4 is 31.9 Å². The topological polar surface area (TPSA) is 93.6 Å². The summed E-state index contributed by atoms with van der Waals surface area (Å²) < 4.78 is 28.9. The van der Waals surface area contributed by atoms with Gasteiger partial charge in [-0.1, -0.05) is 22.0 Å². The molecular weight excluding hydrogens is 396 g/mol. The third kappa shape index (κ3) is 3.13. The predicted molar refractivity (Wildman–Crippen MR) is 92.1 cm³/mol. The normalized spacial score (nSPS) is 14.6. The zero-order chi connectivity index (χ0) is 17.6. The highest BCUT2D eigenvalue weighted by molar-refractivity contribution is 9.10. The Balaban J connectivity index is 1.89. The quantitative estimate of drug-likeness (QED) is 0.819. The summed E-state index contributed by atoms with van der Waals surface area (Å²) in [6.45, 7) is 4.63. The Bertz CT molecular complexity index is 934. The van der Waals surface area contributed by atoms with Crippen LogP contribution < -0.4 is 5.14 Å². The highest BCUT2D eigenvalue weighted by atomic mass is 79.9. The van der Waals surface area contributed by atoms with Crippen LogP contribution in [0, 0.1) is 13.8 Å². The van der Waals surface area contributed by atoms with Gasteiger partial charge in [0, 0.05) is 23.6 Å². The molecule has 128 valence electrons. The van der Waals surface area contributed by atoms with Crippen LogP contribution in [-0.4, -0.2) is 25.8 Å². The number of hydrogen-bond donors (Lipinski definition) is 1. The van der Waals surface area contributed by atoms with Gasteiger partial charge in [0.2, 0.25) is 5.09 Å². The molecule has 2 N–H and O–H groups in total. The van der Waals surface area contributed by atoms with E-state index in [1.54, 1.807) is 11.8 Å². The molecule has 1 aromatic heterocycles. The van der Waals surface area contributed by atoms with Crippen molar-refractivity contribution in [3.63, 3.8) is 0 Å². The van der Waals surface area contributed by atoms with Crippen molar-refractivity contribution in [3.05, 3.63) is 50.7 Å². The number of nitrogens with zero attached hydrogens (tertiary/aromatic N) is 1. The molecule has 2 aromatic rings. The van der Waals surface area contributed by atoms with E-state index in [-0.39, 0.29) is 22.3 Å². The third-order valence-corrected chi connectivity index (χ3v) is 5.80. The van der Waals surface area contributed by atoms with Gasteiger partial charge in [0.1, 0.15) is 5.76 Å². The molecule has 1 amide bonds. The first-order valence-electron chi connectivity index (χ1n) is 7.37. The minimum absolute atomic E-state index is 0.230. The zero-order valence-corrected chi connectivity index (χ0v) is 15.7. The molecule has 24 heavy (non-hydrogen) atoms. The highest BCUT2D eigenvalue weighted by Gasteiger charge is 2.27. The number of hydrogen-bond acceptors (Lipinski definition) is 4. The Kier molecular flexibility index (Phi) is 4.31. The van der Waals surface area contributed by atoms with E-state index in [1.807, 2.05) is 13.0 Å². The van der Waals surface area contributed by atoms with Crippen molar-refractivity contribution in [3.8, 4) is 0 Å². The number of carbonyl (C=O) groups is 1. The van der Waals surface area contributed by atoms with Crippen molar-refractivity contribution < 1.29 is 17.6 Å². The van der Waals surface area contributed by atoms with Gasteiger partial charge in [-0.05, 0) is 43.0 Å². The molecule has 6 nitrogen and oxygen atoms in total. The molecule has 0 bridgehead atoms. The van der Waals surface area contributed by atoms with E-state index in [1.165, 1.54) is 11.6 Å². The number of furan rings is 1. The van der Waals surface area contributed by atoms with Crippen molar-refractivity contribution in [1.29, 1.82) is 0 Å². The van der Waals surface area contributed by atoms with Crippen LogP contribution in [0.2, 0.25) is 0 Å². The van der Waals surface area contributed by atoms with Crippen LogP contribution in [0.15, 0.2) is 32.2 Å². The third-order valence-electron chi connectivity index (χ3n) is 4.19. The lowest BCUT2D eigenvalue weighted by Crippen LogP contribution is -2.36. The maximum absolute atomic E-state index is 12.7. The van der Waals surface area contributed by atoms with E-state index in [2.05, 4.69) is 22.0 Å². The van der Waals surface area contributed by atoms with Gasteiger partial charge in [-0.15, -0.1) is 0 Å². The lowest BCUT2D eigenvalue weighted by atomic mass is 9.97. The lowest BCUT2D eigenvalue weighted by molar-refractivity contribution is 0.0733. The van der Waals surface area contributed by atoms with Gasteiger partial charge in [-0.2, -0.15) is 0 Å². The molecule has 0 unspecified atom stereocenters. The number of rotatable bonds is 2. The van der Waals surface area contributed by atoms with Crippen molar-refractivity contribution in [1.82, 2.24) is 4.90 Å². The number of benzene rings is 1. The Morgan fingerprint density at radius 1 is 1.25 bits per heavy atom. The maximum atomic E-state index is 12.7. The van der Waals surface area contributed by atoms with Gasteiger partial charge in [0.05, 0.1) is 5.56 Å². The minimum Gasteiger partial charge on any atom is -0.448 e. The fraction of sp³-hybridized carbons (Fsp3) is 0.312. The number of primary sulfonamides is 1. The summed E-state index contributed by atoms with van der Waals surface area (Å²) in [5.41, 5.74) is 3.71. The first-order chi connectivity index (χ1) is 11.2. The van der Waals surface area contributed by atoms with Crippen LogP contribution in [0.4, 0.5) is 0 Å². The van der Waals surface area contributed by atoms with Crippen LogP contribution in [0.3, 0.4) is 0 Å². The average molecular weight is 413 g/mol. The summed E-state index contributed by atoms with van der Waals surface area (Å²) >= 11 is 3.51. The summed E-state index contributed by atoms with van der Waals surface area (Å²) in [4.78, 5) is 14.4. The van der Waals surface area contributed by atoms with Gasteiger partial charge < -0.3 is 9.32 Å². The first-order valence-corrected chi connectivity index (χ1v) is 9.71. The second-order valence-electron chi connectivity index (χ2n) is 5.93. The van der Waals surface area contributed by atoms with Crippen molar-refractivity contribution in [2.24, 2.45) is 5.14 Å². The molecule has 3 rings (SSSR count). The molecule has 1 aliphatic heterocycles. The second kappa shape index (κ2) is 6.02. The monoisotopic (exact) mass is 412 g/mol. The molecule has 8 heteroatoms. The summed E-state index contributed by atoms with van der Waals surface area (Å²) in [5, 5.41) is 4.67. The standard InChI is InChI=1S/C16H17BrN2O4S/c1-9-5-11-3-4-19(8-12(11)6-14(9)17)16(20)13-7-15(23-10(13)2)24(18,21)22/h5-7H,3-4,8H2,1-2H3,(H2,18,21,22). The molecule has 1 aliphatic rings. The van der Waals surface area contributed by atoms with Gasteiger partial charge in [0.25, 0.3) is 15.9 Å². The Labute approximate surface area is 148 Å². The summed E-state index contributed by atoms with van der Waals surface area (Å²) in [6, 6.07) is 5.36. The summed E-state index contributed by atoms with van der Waals surface area (Å²) in [6.07, 6.45) is 0.758. The molecule has 0 saturated heterocycles. The molecule has 0 radical (unpaired) electrons. The van der Waals surface area contributed by atoms with Crippen LogP contribution >= 0.6 is 15.9 Å². The van der Waals surface area contributed by atoms with E-state index < -0.39 is 10.0 Å². The summed E-state index contributed by atoms with van der Waals surface area (Å²) in [5.74, 6) is -0.00611. The number of halogens is 1.